The molecule has 2 aromatic heterocycles. The molecule has 0 spiro atoms. The van der Waals surface area contributed by atoms with Gasteiger partial charge in [-0.2, -0.15) is 0 Å². The summed E-state index contributed by atoms with van der Waals surface area (Å²) >= 11 is 0. The predicted octanol–water partition coefficient (Wildman–Crippen LogP) is 4.29. The monoisotopic (exact) mass is 404 g/mol. The van der Waals surface area contributed by atoms with E-state index in [1.54, 1.807) is 18.5 Å². The molecule has 7 nitrogen and oxygen atoms in total. The third-order valence-corrected chi connectivity index (χ3v) is 5.13. The topological polar surface area (TPSA) is 85.4 Å². The number of carbonyl (C=O) groups is 1. The van der Waals surface area contributed by atoms with Crippen LogP contribution in [0.3, 0.4) is 0 Å². The Morgan fingerprint density at radius 3 is 2.93 bits per heavy atom. The number of nitrogens with zero attached hydrogens (tertiary/aromatic N) is 2. The van der Waals surface area contributed by atoms with Crippen molar-refractivity contribution in [3.8, 4) is 5.75 Å². The van der Waals surface area contributed by atoms with E-state index in [9.17, 15) is 4.79 Å². The van der Waals surface area contributed by atoms with Crippen molar-refractivity contribution in [3.63, 3.8) is 0 Å². The molecular weight excluding hydrogens is 380 g/mol. The Morgan fingerprint density at radius 1 is 1.23 bits per heavy atom. The normalized spacial score (nSPS) is 14.9. The summed E-state index contributed by atoms with van der Waals surface area (Å²) in [5.41, 5.74) is 4.33. The Morgan fingerprint density at radius 2 is 2.13 bits per heavy atom. The third kappa shape index (κ3) is 4.35. The molecular formula is C23H24N4O3. The number of hydrogen-bond acceptors (Lipinski definition) is 7. The van der Waals surface area contributed by atoms with Gasteiger partial charge in [0.15, 0.2) is 0 Å². The lowest BCUT2D eigenvalue weighted by Gasteiger charge is -2.27. The number of esters is 1. The van der Waals surface area contributed by atoms with Gasteiger partial charge in [0.1, 0.15) is 11.6 Å². The Bertz CT molecular complexity index is 1040. The van der Waals surface area contributed by atoms with Gasteiger partial charge in [-0.3, -0.25) is 4.98 Å². The highest BCUT2D eigenvalue weighted by molar-refractivity contribution is 5.95. The Labute approximate surface area is 175 Å². The molecule has 7 heteroatoms. The number of carbonyl (C=O) groups excluding carboxylic acids is 1. The smallest absolute Gasteiger partial charge is 0.340 e. The van der Waals surface area contributed by atoms with Gasteiger partial charge in [0.2, 0.25) is 0 Å². The van der Waals surface area contributed by atoms with Crippen LogP contribution >= 0.6 is 0 Å². The van der Waals surface area contributed by atoms with Crippen LogP contribution in [0.15, 0.2) is 55.0 Å². The fourth-order valence-electron chi connectivity index (χ4n) is 3.50. The molecule has 1 aliphatic rings. The summed E-state index contributed by atoms with van der Waals surface area (Å²) < 4.78 is 10.8. The standard InChI is InChI=1S/C23H24N4O3/c1-15-3-6-22(26-12-15)27-17-4-5-18-16(8-10-30-21(18)11-17)13-25-20-14-24-9-7-19(20)23(28)29-2/h3-7,9,11-12,14,16,25H,8,10,13H2,1-2H3,(H,26,27)/t16-/m0/s1. The largest absolute Gasteiger partial charge is 0.493 e. The molecule has 1 aliphatic heterocycles. The zero-order valence-corrected chi connectivity index (χ0v) is 17.0. The van der Waals surface area contributed by atoms with Gasteiger partial charge in [0, 0.05) is 36.6 Å². The molecule has 0 saturated heterocycles. The predicted molar refractivity (Wildman–Crippen MR) is 116 cm³/mol. The zero-order chi connectivity index (χ0) is 20.9. The Hall–Kier alpha value is -3.61. The first-order valence-corrected chi connectivity index (χ1v) is 9.86. The van der Waals surface area contributed by atoms with Crippen molar-refractivity contribution < 1.29 is 14.3 Å². The average Bonchev–Trinajstić information content (AvgIpc) is 2.78. The van der Waals surface area contributed by atoms with Gasteiger partial charge < -0.3 is 20.1 Å². The fourth-order valence-corrected chi connectivity index (χ4v) is 3.50. The molecule has 0 bridgehead atoms. The molecule has 3 heterocycles. The van der Waals surface area contributed by atoms with E-state index in [0.29, 0.717) is 24.4 Å². The van der Waals surface area contributed by atoms with E-state index in [2.05, 4.69) is 26.7 Å². The van der Waals surface area contributed by atoms with Crippen molar-refractivity contribution in [3.05, 3.63) is 71.7 Å². The molecule has 3 aromatic rings. The average molecular weight is 404 g/mol. The Balaban J connectivity index is 1.48. The summed E-state index contributed by atoms with van der Waals surface area (Å²) in [6, 6.07) is 11.8. The molecule has 4 rings (SSSR count). The first-order valence-electron chi connectivity index (χ1n) is 9.86. The zero-order valence-electron chi connectivity index (χ0n) is 17.0. The summed E-state index contributed by atoms with van der Waals surface area (Å²) in [5.74, 6) is 1.53. The number of benzene rings is 1. The van der Waals surface area contributed by atoms with Crippen molar-refractivity contribution in [1.29, 1.82) is 0 Å². The lowest BCUT2D eigenvalue weighted by atomic mass is 9.92. The lowest BCUT2D eigenvalue weighted by molar-refractivity contribution is 0.0601. The van der Waals surface area contributed by atoms with Gasteiger partial charge >= 0.3 is 5.97 Å². The maximum atomic E-state index is 12.0. The van der Waals surface area contributed by atoms with E-state index in [-0.39, 0.29) is 11.9 Å². The molecule has 30 heavy (non-hydrogen) atoms. The molecule has 1 aromatic carbocycles. The highest BCUT2D eigenvalue weighted by Crippen LogP contribution is 2.36. The second-order valence-electron chi connectivity index (χ2n) is 7.23. The minimum atomic E-state index is -0.382. The number of ether oxygens (including phenoxy) is 2. The van der Waals surface area contributed by atoms with E-state index in [1.165, 1.54) is 7.11 Å². The number of hydrogen-bond donors (Lipinski definition) is 2. The number of nitrogens with one attached hydrogen (secondary N) is 2. The molecule has 0 radical (unpaired) electrons. The van der Waals surface area contributed by atoms with Crippen LogP contribution in [0.1, 0.15) is 33.8 Å². The van der Waals surface area contributed by atoms with Crippen molar-refractivity contribution >= 4 is 23.2 Å². The summed E-state index contributed by atoms with van der Waals surface area (Å²) in [6.45, 7) is 3.32. The highest BCUT2D eigenvalue weighted by Gasteiger charge is 2.22. The van der Waals surface area contributed by atoms with Gasteiger partial charge in [-0.05, 0) is 42.7 Å². The molecule has 0 saturated carbocycles. The number of pyridine rings is 2. The van der Waals surface area contributed by atoms with E-state index in [0.717, 1.165) is 34.8 Å². The van der Waals surface area contributed by atoms with E-state index >= 15 is 0 Å². The molecule has 154 valence electrons. The summed E-state index contributed by atoms with van der Waals surface area (Å²) in [5, 5.41) is 6.67. The second kappa shape index (κ2) is 8.82. The lowest BCUT2D eigenvalue weighted by Crippen LogP contribution is -2.21. The summed E-state index contributed by atoms with van der Waals surface area (Å²) in [6.07, 6.45) is 5.95. The van der Waals surface area contributed by atoms with Crippen molar-refractivity contribution in [2.45, 2.75) is 19.3 Å². The maximum Gasteiger partial charge on any atom is 0.340 e. The van der Waals surface area contributed by atoms with Crippen LogP contribution < -0.4 is 15.4 Å². The molecule has 2 N–H and O–H groups in total. The van der Waals surface area contributed by atoms with Crippen LogP contribution in [0.4, 0.5) is 17.2 Å². The Kier molecular flexibility index (Phi) is 5.79. The minimum Gasteiger partial charge on any atom is -0.493 e. The molecule has 0 unspecified atom stereocenters. The van der Waals surface area contributed by atoms with E-state index < -0.39 is 0 Å². The maximum absolute atomic E-state index is 12.0. The number of anilines is 3. The van der Waals surface area contributed by atoms with Gasteiger partial charge in [-0.25, -0.2) is 9.78 Å². The number of aromatic nitrogens is 2. The van der Waals surface area contributed by atoms with Gasteiger partial charge in [0.25, 0.3) is 0 Å². The number of aryl methyl sites for hydroxylation is 1. The van der Waals surface area contributed by atoms with Crippen molar-refractivity contribution in [2.75, 3.05) is 30.9 Å². The molecule has 0 amide bonds. The fraction of sp³-hybridized carbons (Fsp3) is 0.261. The number of methoxy groups -OCH3 is 1. The first-order chi connectivity index (χ1) is 14.6. The van der Waals surface area contributed by atoms with Gasteiger partial charge in [0.05, 0.1) is 31.2 Å². The number of fused-ring (bicyclic) bond motifs is 1. The third-order valence-electron chi connectivity index (χ3n) is 5.13. The minimum absolute atomic E-state index is 0.256. The SMILES string of the molecule is COC(=O)c1ccncc1NC[C@@H]1CCOc2cc(Nc3ccc(C)cn3)ccc21. The van der Waals surface area contributed by atoms with Crippen molar-refractivity contribution in [2.24, 2.45) is 0 Å². The van der Waals surface area contributed by atoms with Crippen molar-refractivity contribution in [1.82, 2.24) is 9.97 Å². The number of rotatable bonds is 6. The van der Waals surface area contributed by atoms with Crippen LogP contribution in [0.25, 0.3) is 0 Å². The summed E-state index contributed by atoms with van der Waals surface area (Å²) in [7, 11) is 1.37. The summed E-state index contributed by atoms with van der Waals surface area (Å²) in [4.78, 5) is 20.5. The molecule has 1 atom stereocenters. The van der Waals surface area contributed by atoms with Crippen LogP contribution in [0.5, 0.6) is 5.75 Å². The second-order valence-corrected chi connectivity index (χ2v) is 7.23. The van der Waals surface area contributed by atoms with Gasteiger partial charge in [-0.15, -0.1) is 0 Å². The molecule has 0 fully saturated rings. The first kappa shape index (κ1) is 19.7. The van der Waals surface area contributed by atoms with E-state index in [4.69, 9.17) is 9.47 Å². The quantitative estimate of drug-likeness (QED) is 0.593. The highest BCUT2D eigenvalue weighted by atomic mass is 16.5. The van der Waals surface area contributed by atoms with Crippen LogP contribution in [0.2, 0.25) is 0 Å². The molecule has 0 aliphatic carbocycles. The van der Waals surface area contributed by atoms with Crippen LogP contribution in [0, 0.1) is 6.92 Å². The van der Waals surface area contributed by atoms with Crippen LogP contribution in [-0.4, -0.2) is 36.2 Å². The van der Waals surface area contributed by atoms with Crippen LogP contribution in [-0.2, 0) is 4.74 Å². The van der Waals surface area contributed by atoms with E-state index in [1.807, 2.05) is 37.4 Å². The van der Waals surface area contributed by atoms with Gasteiger partial charge in [-0.1, -0.05) is 12.1 Å².